The second-order valence-corrected chi connectivity index (χ2v) is 5.10. The van der Waals surface area contributed by atoms with Crippen molar-refractivity contribution in [3.63, 3.8) is 0 Å². The predicted octanol–water partition coefficient (Wildman–Crippen LogP) is 2.28. The molecule has 0 radical (unpaired) electrons. The van der Waals surface area contributed by atoms with E-state index in [1.807, 2.05) is 6.92 Å². The minimum atomic E-state index is 0.805. The number of aromatic nitrogens is 2. The van der Waals surface area contributed by atoms with Crippen molar-refractivity contribution in [1.82, 2.24) is 14.9 Å². The van der Waals surface area contributed by atoms with Crippen LogP contribution in [0.1, 0.15) is 31.2 Å². The van der Waals surface area contributed by atoms with Gasteiger partial charge in [-0.1, -0.05) is 6.92 Å². The Morgan fingerprint density at radius 1 is 1.00 bits per heavy atom. The van der Waals surface area contributed by atoms with Crippen LogP contribution in [0, 0.1) is 13.8 Å². The molecule has 5 heteroatoms. The topological polar surface area (TPSA) is 53.1 Å². The lowest BCUT2D eigenvalue weighted by Crippen LogP contribution is -2.17. The van der Waals surface area contributed by atoms with Crippen LogP contribution in [0.2, 0.25) is 0 Å². The number of hydrogen-bond acceptors (Lipinski definition) is 5. The molecule has 0 fully saturated rings. The van der Waals surface area contributed by atoms with Crippen LogP contribution < -0.4 is 10.6 Å². The van der Waals surface area contributed by atoms with Gasteiger partial charge in [-0.3, -0.25) is 0 Å². The van der Waals surface area contributed by atoms with Crippen molar-refractivity contribution in [1.29, 1.82) is 0 Å². The van der Waals surface area contributed by atoms with Crippen LogP contribution in [0.15, 0.2) is 0 Å². The zero-order valence-corrected chi connectivity index (χ0v) is 12.9. The summed E-state index contributed by atoms with van der Waals surface area (Å²) in [5.41, 5.74) is 1.10. The summed E-state index contributed by atoms with van der Waals surface area (Å²) in [5.74, 6) is 2.70. The molecule has 1 aromatic heterocycles. The average molecular weight is 265 g/mol. The van der Waals surface area contributed by atoms with Gasteiger partial charge in [0.1, 0.15) is 17.5 Å². The monoisotopic (exact) mass is 265 g/mol. The molecular weight excluding hydrogens is 238 g/mol. The summed E-state index contributed by atoms with van der Waals surface area (Å²) < 4.78 is 0. The van der Waals surface area contributed by atoms with Gasteiger partial charge < -0.3 is 15.5 Å². The van der Waals surface area contributed by atoms with Crippen LogP contribution in [-0.2, 0) is 0 Å². The Bertz CT molecular complexity index is 390. The zero-order chi connectivity index (χ0) is 14.3. The SMILES string of the molecule is CCCNc1nc(C)nc(NCCCN(C)C)c1C. The van der Waals surface area contributed by atoms with E-state index in [2.05, 4.69) is 53.4 Å². The van der Waals surface area contributed by atoms with Crippen molar-refractivity contribution in [3.05, 3.63) is 11.4 Å². The van der Waals surface area contributed by atoms with E-state index in [-0.39, 0.29) is 0 Å². The van der Waals surface area contributed by atoms with Gasteiger partial charge in [-0.15, -0.1) is 0 Å². The Morgan fingerprint density at radius 3 is 2.11 bits per heavy atom. The maximum Gasteiger partial charge on any atom is 0.134 e. The molecule has 108 valence electrons. The molecule has 0 atom stereocenters. The van der Waals surface area contributed by atoms with E-state index in [0.29, 0.717) is 0 Å². The molecule has 1 heterocycles. The Morgan fingerprint density at radius 2 is 1.58 bits per heavy atom. The van der Waals surface area contributed by atoms with Crippen molar-refractivity contribution in [2.24, 2.45) is 0 Å². The van der Waals surface area contributed by atoms with E-state index in [1.54, 1.807) is 0 Å². The van der Waals surface area contributed by atoms with Crippen LogP contribution in [0.4, 0.5) is 11.6 Å². The molecule has 2 N–H and O–H groups in total. The standard InChI is InChI=1S/C14H27N5/c1-6-8-15-13-11(2)14(18-12(3)17-13)16-9-7-10-19(4)5/h6-10H2,1-5H3,(H2,15,16,17,18). The van der Waals surface area contributed by atoms with Crippen molar-refractivity contribution in [3.8, 4) is 0 Å². The van der Waals surface area contributed by atoms with Crippen LogP contribution in [0.25, 0.3) is 0 Å². The molecule has 0 aliphatic carbocycles. The average Bonchev–Trinajstić information content (AvgIpc) is 2.36. The molecule has 0 aliphatic heterocycles. The van der Waals surface area contributed by atoms with Gasteiger partial charge in [0.15, 0.2) is 0 Å². The molecule has 0 aliphatic rings. The highest BCUT2D eigenvalue weighted by atomic mass is 15.1. The van der Waals surface area contributed by atoms with Gasteiger partial charge in [0.25, 0.3) is 0 Å². The summed E-state index contributed by atoms with van der Waals surface area (Å²) in [6.07, 6.45) is 2.20. The van der Waals surface area contributed by atoms with Crippen molar-refractivity contribution in [2.75, 3.05) is 44.4 Å². The second kappa shape index (κ2) is 7.94. The van der Waals surface area contributed by atoms with E-state index in [0.717, 1.165) is 55.5 Å². The van der Waals surface area contributed by atoms with Crippen molar-refractivity contribution in [2.45, 2.75) is 33.6 Å². The molecule has 0 amide bonds. The van der Waals surface area contributed by atoms with E-state index in [9.17, 15) is 0 Å². The Labute approximate surface area is 116 Å². The number of nitrogens with one attached hydrogen (secondary N) is 2. The Hall–Kier alpha value is -1.36. The highest BCUT2D eigenvalue weighted by Crippen LogP contribution is 2.19. The van der Waals surface area contributed by atoms with Crippen molar-refractivity contribution >= 4 is 11.6 Å². The molecule has 19 heavy (non-hydrogen) atoms. The maximum atomic E-state index is 4.48. The first-order valence-electron chi connectivity index (χ1n) is 7.02. The smallest absolute Gasteiger partial charge is 0.134 e. The highest BCUT2D eigenvalue weighted by molar-refractivity contribution is 5.57. The van der Waals surface area contributed by atoms with Gasteiger partial charge in [0.05, 0.1) is 0 Å². The summed E-state index contributed by atoms with van der Waals surface area (Å²) in [4.78, 5) is 11.1. The summed E-state index contributed by atoms with van der Waals surface area (Å²) in [5, 5.41) is 6.76. The van der Waals surface area contributed by atoms with Crippen LogP contribution in [0.5, 0.6) is 0 Å². The molecule has 0 aromatic carbocycles. The van der Waals surface area contributed by atoms with Crippen LogP contribution in [-0.4, -0.2) is 48.6 Å². The third kappa shape index (κ3) is 5.42. The van der Waals surface area contributed by atoms with Gasteiger partial charge in [-0.2, -0.15) is 0 Å². The number of aryl methyl sites for hydroxylation is 1. The fraction of sp³-hybridized carbons (Fsp3) is 0.714. The Kier molecular flexibility index (Phi) is 6.56. The first-order chi connectivity index (χ1) is 9.04. The molecule has 0 saturated carbocycles. The number of rotatable bonds is 8. The maximum absolute atomic E-state index is 4.48. The zero-order valence-electron chi connectivity index (χ0n) is 12.9. The summed E-state index contributed by atoms with van der Waals surface area (Å²) >= 11 is 0. The van der Waals surface area contributed by atoms with E-state index in [4.69, 9.17) is 0 Å². The summed E-state index contributed by atoms with van der Waals surface area (Å²) in [7, 11) is 4.18. The summed E-state index contributed by atoms with van der Waals surface area (Å²) in [6.45, 7) is 9.10. The van der Waals surface area contributed by atoms with Gasteiger partial charge in [-0.05, 0) is 47.3 Å². The minimum Gasteiger partial charge on any atom is -0.370 e. The van der Waals surface area contributed by atoms with Crippen molar-refractivity contribution < 1.29 is 0 Å². The predicted molar refractivity (Wildman–Crippen MR) is 81.9 cm³/mol. The number of anilines is 2. The van der Waals surface area contributed by atoms with Gasteiger partial charge in [0, 0.05) is 18.7 Å². The third-order valence-corrected chi connectivity index (χ3v) is 2.87. The van der Waals surface area contributed by atoms with E-state index in [1.165, 1.54) is 0 Å². The number of nitrogens with zero attached hydrogens (tertiary/aromatic N) is 3. The molecule has 1 aromatic rings. The minimum absolute atomic E-state index is 0.805. The van der Waals surface area contributed by atoms with Crippen LogP contribution in [0.3, 0.4) is 0 Å². The lowest BCUT2D eigenvalue weighted by atomic mass is 10.3. The number of hydrogen-bond donors (Lipinski definition) is 2. The molecule has 0 spiro atoms. The first kappa shape index (κ1) is 15.7. The summed E-state index contributed by atoms with van der Waals surface area (Å²) in [6, 6.07) is 0. The quantitative estimate of drug-likeness (QED) is 0.706. The van der Waals surface area contributed by atoms with Gasteiger partial charge >= 0.3 is 0 Å². The molecule has 0 saturated heterocycles. The first-order valence-corrected chi connectivity index (χ1v) is 7.02. The lowest BCUT2D eigenvalue weighted by molar-refractivity contribution is 0.405. The van der Waals surface area contributed by atoms with Gasteiger partial charge in [-0.25, -0.2) is 9.97 Å². The van der Waals surface area contributed by atoms with Gasteiger partial charge in [0.2, 0.25) is 0 Å². The largest absolute Gasteiger partial charge is 0.370 e. The Balaban J connectivity index is 2.63. The highest BCUT2D eigenvalue weighted by Gasteiger charge is 2.08. The molecule has 0 bridgehead atoms. The lowest BCUT2D eigenvalue weighted by Gasteiger charge is -2.15. The van der Waals surface area contributed by atoms with Crippen LogP contribution >= 0.6 is 0 Å². The molecular formula is C14H27N5. The molecule has 0 unspecified atom stereocenters. The fourth-order valence-electron chi connectivity index (χ4n) is 1.82. The molecule has 1 rings (SSSR count). The molecule has 5 nitrogen and oxygen atoms in total. The fourth-order valence-corrected chi connectivity index (χ4v) is 1.82. The second-order valence-electron chi connectivity index (χ2n) is 5.10. The third-order valence-electron chi connectivity index (χ3n) is 2.87. The van der Waals surface area contributed by atoms with E-state index >= 15 is 0 Å². The van der Waals surface area contributed by atoms with E-state index < -0.39 is 0 Å². The normalized spacial score (nSPS) is 10.8.